The molecule has 19 heavy (non-hydrogen) atoms. The number of hydrogen-bond donors (Lipinski definition) is 1. The molecule has 0 bridgehead atoms. The molecular weight excluding hydrogens is 274 g/mol. The number of piperazine rings is 1. The van der Waals surface area contributed by atoms with Crippen LogP contribution < -0.4 is 5.32 Å². The number of nitrogens with one attached hydrogen (secondary N) is 1. The molecule has 1 heterocycles. The predicted molar refractivity (Wildman–Crippen MR) is 71.4 cm³/mol. The predicted octanol–water partition coefficient (Wildman–Crippen LogP) is 1.75. The van der Waals surface area contributed by atoms with Crippen LogP contribution in [0.3, 0.4) is 0 Å². The van der Waals surface area contributed by atoms with Crippen molar-refractivity contribution in [1.82, 2.24) is 10.2 Å². The summed E-state index contributed by atoms with van der Waals surface area (Å²) in [6, 6.07) is 3.85. The second kappa shape index (κ2) is 6.82. The number of hydrogen-bond acceptors (Lipinski definition) is 2. The number of amides is 1. The molecule has 1 aromatic rings. The molecule has 0 aromatic heterocycles. The van der Waals surface area contributed by atoms with E-state index in [1.807, 2.05) is 6.92 Å². The zero-order valence-corrected chi connectivity index (χ0v) is 11.5. The van der Waals surface area contributed by atoms with Crippen molar-refractivity contribution < 1.29 is 13.6 Å². The van der Waals surface area contributed by atoms with Crippen molar-refractivity contribution in [3.63, 3.8) is 0 Å². The summed E-state index contributed by atoms with van der Waals surface area (Å²) in [5.74, 6) is -1.84. The van der Waals surface area contributed by atoms with Crippen LogP contribution in [-0.2, 0) is 11.2 Å². The summed E-state index contributed by atoms with van der Waals surface area (Å²) in [5, 5.41) is 3.24. The van der Waals surface area contributed by atoms with Crippen LogP contribution in [0.4, 0.5) is 8.78 Å². The lowest BCUT2D eigenvalue weighted by Gasteiger charge is -2.32. The average molecular weight is 291 g/mol. The third kappa shape index (κ3) is 4.14. The van der Waals surface area contributed by atoms with Gasteiger partial charge in [0, 0.05) is 25.7 Å². The van der Waals surface area contributed by atoms with Crippen LogP contribution in [0.1, 0.15) is 12.5 Å². The third-order valence-electron chi connectivity index (χ3n) is 3.06. The average Bonchev–Trinajstić information content (AvgIpc) is 2.34. The van der Waals surface area contributed by atoms with Crippen molar-refractivity contribution in [1.29, 1.82) is 0 Å². The van der Waals surface area contributed by atoms with Crippen LogP contribution in [0.2, 0.25) is 0 Å². The van der Waals surface area contributed by atoms with Gasteiger partial charge < -0.3 is 10.2 Å². The van der Waals surface area contributed by atoms with E-state index in [0.717, 1.165) is 18.7 Å². The van der Waals surface area contributed by atoms with Crippen molar-refractivity contribution >= 4 is 18.3 Å². The molecule has 0 spiro atoms. The minimum atomic E-state index is -0.908. The highest BCUT2D eigenvalue weighted by Crippen LogP contribution is 2.11. The van der Waals surface area contributed by atoms with E-state index in [2.05, 4.69) is 5.32 Å². The Morgan fingerprint density at radius 3 is 2.79 bits per heavy atom. The van der Waals surface area contributed by atoms with Gasteiger partial charge in [-0.2, -0.15) is 0 Å². The standard InChI is InChI=1S/C13H16F2N2O.ClH/c1-9-8-17(5-4-16-9)13(18)7-10-2-3-11(14)12(15)6-10;/h2-3,6,9,16H,4-5,7-8H2,1H3;1H/t9-;/m1./s1. The maximum Gasteiger partial charge on any atom is 0.227 e. The Morgan fingerprint density at radius 1 is 1.42 bits per heavy atom. The molecule has 0 saturated carbocycles. The zero-order valence-electron chi connectivity index (χ0n) is 10.7. The lowest BCUT2D eigenvalue weighted by Crippen LogP contribution is -2.51. The number of nitrogens with zero attached hydrogens (tertiary/aromatic N) is 1. The highest BCUT2D eigenvalue weighted by atomic mass is 35.5. The summed E-state index contributed by atoms with van der Waals surface area (Å²) in [6.07, 6.45) is 0.115. The van der Waals surface area contributed by atoms with Crippen LogP contribution in [0.15, 0.2) is 18.2 Å². The topological polar surface area (TPSA) is 32.3 Å². The summed E-state index contributed by atoms with van der Waals surface area (Å²) in [6.45, 7) is 4.09. The second-order valence-electron chi connectivity index (χ2n) is 4.62. The van der Waals surface area contributed by atoms with Crippen molar-refractivity contribution in [2.45, 2.75) is 19.4 Å². The summed E-state index contributed by atoms with van der Waals surface area (Å²) in [4.78, 5) is 13.7. The van der Waals surface area contributed by atoms with Gasteiger partial charge in [0.2, 0.25) is 5.91 Å². The second-order valence-corrected chi connectivity index (χ2v) is 4.62. The molecule has 1 atom stereocenters. The largest absolute Gasteiger partial charge is 0.340 e. The van der Waals surface area contributed by atoms with Crippen LogP contribution >= 0.6 is 12.4 Å². The number of rotatable bonds is 2. The van der Waals surface area contributed by atoms with E-state index in [-0.39, 0.29) is 30.8 Å². The molecule has 1 aliphatic rings. The Morgan fingerprint density at radius 2 is 2.16 bits per heavy atom. The summed E-state index contributed by atoms with van der Waals surface area (Å²) < 4.78 is 25.8. The molecule has 1 saturated heterocycles. The molecular formula is C13H17ClF2N2O. The number of halogens is 3. The zero-order chi connectivity index (χ0) is 13.1. The first-order valence-corrected chi connectivity index (χ1v) is 6.01. The molecule has 1 N–H and O–H groups in total. The van der Waals surface area contributed by atoms with Gasteiger partial charge in [-0.15, -0.1) is 12.4 Å². The first-order valence-electron chi connectivity index (χ1n) is 6.01. The molecule has 1 aliphatic heterocycles. The summed E-state index contributed by atoms with van der Waals surface area (Å²) in [5.41, 5.74) is 0.505. The fourth-order valence-electron chi connectivity index (χ4n) is 2.09. The number of carbonyl (C=O) groups is 1. The van der Waals surface area contributed by atoms with E-state index in [9.17, 15) is 13.6 Å². The quantitative estimate of drug-likeness (QED) is 0.900. The molecule has 0 aliphatic carbocycles. The summed E-state index contributed by atoms with van der Waals surface area (Å²) >= 11 is 0. The van der Waals surface area contributed by atoms with E-state index in [1.165, 1.54) is 6.07 Å². The normalized spacial score (nSPS) is 18.9. The Kier molecular flexibility index (Phi) is 5.69. The maximum atomic E-state index is 13.0. The molecule has 1 fully saturated rings. The fraction of sp³-hybridized carbons (Fsp3) is 0.462. The highest BCUT2D eigenvalue weighted by molar-refractivity contribution is 5.85. The van der Waals surface area contributed by atoms with E-state index in [4.69, 9.17) is 0 Å². The molecule has 1 amide bonds. The molecule has 6 heteroatoms. The van der Waals surface area contributed by atoms with Gasteiger partial charge in [0.05, 0.1) is 6.42 Å². The van der Waals surface area contributed by atoms with Crippen LogP contribution in [0, 0.1) is 11.6 Å². The Bertz CT molecular complexity index is 456. The molecule has 2 rings (SSSR count). The van der Waals surface area contributed by atoms with Gasteiger partial charge in [0.1, 0.15) is 0 Å². The monoisotopic (exact) mass is 290 g/mol. The molecule has 106 valence electrons. The van der Waals surface area contributed by atoms with Crippen LogP contribution in [0.5, 0.6) is 0 Å². The lowest BCUT2D eigenvalue weighted by atomic mass is 10.1. The van der Waals surface area contributed by atoms with Gasteiger partial charge in [-0.05, 0) is 24.6 Å². The number of benzene rings is 1. The number of carbonyl (C=O) groups excluding carboxylic acids is 1. The van der Waals surface area contributed by atoms with Gasteiger partial charge in [-0.25, -0.2) is 8.78 Å². The molecule has 0 unspecified atom stereocenters. The first kappa shape index (κ1) is 15.9. The van der Waals surface area contributed by atoms with Crippen LogP contribution in [-0.4, -0.2) is 36.5 Å². The Hall–Kier alpha value is -1.20. The van der Waals surface area contributed by atoms with Crippen molar-refractivity contribution in [3.05, 3.63) is 35.4 Å². The smallest absolute Gasteiger partial charge is 0.227 e. The summed E-state index contributed by atoms with van der Waals surface area (Å²) in [7, 11) is 0. The van der Waals surface area contributed by atoms with E-state index in [0.29, 0.717) is 18.7 Å². The fourth-order valence-corrected chi connectivity index (χ4v) is 2.09. The van der Waals surface area contributed by atoms with Gasteiger partial charge in [-0.3, -0.25) is 4.79 Å². The van der Waals surface area contributed by atoms with E-state index < -0.39 is 11.6 Å². The minimum Gasteiger partial charge on any atom is -0.340 e. The molecule has 1 aromatic carbocycles. The van der Waals surface area contributed by atoms with Gasteiger partial charge in [0.25, 0.3) is 0 Å². The molecule has 3 nitrogen and oxygen atoms in total. The Labute approximate surface area is 117 Å². The van der Waals surface area contributed by atoms with Gasteiger partial charge in [0.15, 0.2) is 11.6 Å². The Balaban J connectivity index is 0.00000180. The van der Waals surface area contributed by atoms with Gasteiger partial charge in [-0.1, -0.05) is 6.07 Å². The van der Waals surface area contributed by atoms with Crippen molar-refractivity contribution in [2.75, 3.05) is 19.6 Å². The van der Waals surface area contributed by atoms with E-state index >= 15 is 0 Å². The molecule has 0 radical (unpaired) electrons. The van der Waals surface area contributed by atoms with Crippen molar-refractivity contribution in [2.24, 2.45) is 0 Å². The lowest BCUT2D eigenvalue weighted by molar-refractivity contribution is -0.131. The maximum absolute atomic E-state index is 13.0. The third-order valence-corrected chi connectivity index (χ3v) is 3.06. The van der Waals surface area contributed by atoms with E-state index in [1.54, 1.807) is 4.90 Å². The first-order chi connectivity index (χ1) is 8.56. The highest BCUT2D eigenvalue weighted by Gasteiger charge is 2.20. The van der Waals surface area contributed by atoms with Crippen molar-refractivity contribution in [3.8, 4) is 0 Å². The van der Waals surface area contributed by atoms with Crippen LogP contribution in [0.25, 0.3) is 0 Å². The van der Waals surface area contributed by atoms with Gasteiger partial charge >= 0.3 is 0 Å². The SMILES string of the molecule is C[C@@H]1CN(C(=O)Cc2ccc(F)c(F)c2)CCN1.Cl. The minimum absolute atomic E-state index is 0.